The van der Waals surface area contributed by atoms with E-state index in [1.54, 1.807) is 12.1 Å². The molecule has 1 saturated carbocycles. The fraction of sp³-hybridized carbons (Fsp3) is 0.538. The molecule has 112 valence electrons. The summed E-state index contributed by atoms with van der Waals surface area (Å²) in [7, 11) is -3.50. The zero-order chi connectivity index (χ0) is 14.8. The molecule has 0 aromatic heterocycles. The Balaban J connectivity index is 1.98. The highest BCUT2D eigenvalue weighted by atomic mass is 35.5. The summed E-state index contributed by atoms with van der Waals surface area (Å²) < 4.78 is 26.5. The first-order chi connectivity index (χ1) is 9.30. The Kier molecular flexibility index (Phi) is 4.97. The average Bonchev–Trinajstić information content (AvgIpc) is 2.79. The highest BCUT2D eigenvalue weighted by Crippen LogP contribution is 2.29. The van der Waals surface area contributed by atoms with Gasteiger partial charge in [-0.15, -0.1) is 0 Å². The van der Waals surface area contributed by atoms with Gasteiger partial charge in [-0.2, -0.15) is 0 Å². The van der Waals surface area contributed by atoms with Crippen molar-refractivity contribution < 1.29 is 13.5 Å². The van der Waals surface area contributed by atoms with Crippen LogP contribution in [0.1, 0.15) is 31.2 Å². The SMILES string of the molecule is O=S(=O)(Cc1ccc(Cl)c(Cl)c1)NCC1(O)CCCC1. The molecule has 1 aromatic rings. The lowest BCUT2D eigenvalue weighted by Gasteiger charge is -2.22. The Labute approximate surface area is 129 Å². The maximum Gasteiger partial charge on any atom is 0.215 e. The molecule has 1 fully saturated rings. The van der Waals surface area contributed by atoms with E-state index in [1.165, 1.54) is 6.07 Å². The standard InChI is InChI=1S/C13H17Cl2NO3S/c14-11-4-3-10(7-12(11)15)8-20(18,19)16-9-13(17)5-1-2-6-13/h3-4,7,16-17H,1-2,5-6,8-9H2. The first-order valence-electron chi connectivity index (χ1n) is 6.43. The number of hydrogen-bond donors (Lipinski definition) is 2. The summed E-state index contributed by atoms with van der Waals surface area (Å²) in [5.41, 5.74) is -0.338. The number of nitrogens with one attached hydrogen (secondary N) is 1. The summed E-state index contributed by atoms with van der Waals surface area (Å²) in [6.07, 6.45) is 3.15. The number of benzene rings is 1. The highest BCUT2D eigenvalue weighted by Gasteiger charge is 2.32. The molecule has 1 aliphatic carbocycles. The molecule has 1 aromatic carbocycles. The van der Waals surface area contributed by atoms with Crippen LogP contribution in [0, 0.1) is 0 Å². The summed E-state index contributed by atoms with van der Waals surface area (Å²) >= 11 is 11.6. The van der Waals surface area contributed by atoms with Gasteiger partial charge >= 0.3 is 0 Å². The second kappa shape index (κ2) is 6.20. The number of halogens is 2. The van der Waals surface area contributed by atoms with Crippen molar-refractivity contribution in [1.29, 1.82) is 0 Å². The number of aliphatic hydroxyl groups is 1. The molecule has 0 heterocycles. The summed E-state index contributed by atoms with van der Waals surface area (Å²) in [5, 5.41) is 10.9. The van der Waals surface area contributed by atoms with Crippen molar-refractivity contribution in [1.82, 2.24) is 4.72 Å². The minimum absolute atomic E-state index is 0.0661. The molecule has 0 aliphatic heterocycles. The number of rotatable bonds is 5. The molecule has 0 spiro atoms. The van der Waals surface area contributed by atoms with E-state index in [0.29, 0.717) is 28.5 Å². The molecule has 0 unspecified atom stereocenters. The van der Waals surface area contributed by atoms with Gasteiger partial charge in [-0.05, 0) is 30.5 Å². The molecular formula is C13H17Cl2NO3S. The van der Waals surface area contributed by atoms with Crippen LogP contribution >= 0.6 is 23.2 Å². The van der Waals surface area contributed by atoms with Gasteiger partial charge in [0.15, 0.2) is 0 Å². The van der Waals surface area contributed by atoms with Gasteiger partial charge in [-0.25, -0.2) is 13.1 Å². The lowest BCUT2D eigenvalue weighted by molar-refractivity contribution is 0.0531. The van der Waals surface area contributed by atoms with Crippen LogP contribution in [0.2, 0.25) is 10.0 Å². The Morgan fingerprint density at radius 1 is 1.20 bits per heavy atom. The molecule has 1 aliphatic rings. The van der Waals surface area contributed by atoms with E-state index in [-0.39, 0.29) is 12.3 Å². The van der Waals surface area contributed by atoms with Crippen LogP contribution in [-0.2, 0) is 15.8 Å². The van der Waals surface area contributed by atoms with Gasteiger partial charge in [-0.1, -0.05) is 42.1 Å². The topological polar surface area (TPSA) is 66.4 Å². The van der Waals surface area contributed by atoms with Gasteiger partial charge in [0.05, 0.1) is 21.4 Å². The van der Waals surface area contributed by atoms with Gasteiger partial charge in [0.25, 0.3) is 0 Å². The van der Waals surface area contributed by atoms with Crippen molar-refractivity contribution in [2.45, 2.75) is 37.0 Å². The van der Waals surface area contributed by atoms with Crippen LogP contribution in [0.3, 0.4) is 0 Å². The smallest absolute Gasteiger partial charge is 0.215 e. The Morgan fingerprint density at radius 3 is 2.45 bits per heavy atom. The van der Waals surface area contributed by atoms with Gasteiger partial charge in [0.2, 0.25) is 10.0 Å². The normalized spacial score (nSPS) is 18.4. The molecule has 0 atom stereocenters. The van der Waals surface area contributed by atoms with E-state index >= 15 is 0 Å². The molecule has 0 radical (unpaired) electrons. The van der Waals surface area contributed by atoms with Crippen molar-refractivity contribution in [3.63, 3.8) is 0 Å². The predicted molar refractivity (Wildman–Crippen MR) is 80.5 cm³/mol. The molecule has 0 amide bonds. The minimum atomic E-state index is -3.50. The third-order valence-corrected chi connectivity index (χ3v) is 5.53. The molecule has 0 saturated heterocycles. The van der Waals surface area contributed by atoms with E-state index in [0.717, 1.165) is 12.8 Å². The summed E-state index contributed by atoms with van der Waals surface area (Å²) in [5.74, 6) is -0.181. The molecule has 7 heteroatoms. The van der Waals surface area contributed by atoms with E-state index in [2.05, 4.69) is 4.72 Å². The number of hydrogen-bond acceptors (Lipinski definition) is 3. The first kappa shape index (κ1) is 16.0. The maximum atomic E-state index is 12.0. The highest BCUT2D eigenvalue weighted by molar-refractivity contribution is 7.88. The predicted octanol–water partition coefficient (Wildman–Crippen LogP) is 2.72. The lowest BCUT2D eigenvalue weighted by Crippen LogP contribution is -2.41. The van der Waals surface area contributed by atoms with Gasteiger partial charge in [0, 0.05) is 6.54 Å². The first-order valence-corrected chi connectivity index (χ1v) is 8.84. The lowest BCUT2D eigenvalue weighted by atomic mass is 10.0. The van der Waals surface area contributed by atoms with E-state index < -0.39 is 15.6 Å². The summed E-state index contributed by atoms with van der Waals surface area (Å²) in [4.78, 5) is 0. The quantitative estimate of drug-likeness (QED) is 0.868. The largest absolute Gasteiger partial charge is 0.389 e. The molecule has 4 nitrogen and oxygen atoms in total. The molecular weight excluding hydrogens is 321 g/mol. The van der Waals surface area contributed by atoms with Gasteiger partial charge in [0.1, 0.15) is 0 Å². The third-order valence-electron chi connectivity index (χ3n) is 3.50. The minimum Gasteiger partial charge on any atom is -0.389 e. The summed E-state index contributed by atoms with van der Waals surface area (Å²) in [6, 6.07) is 4.73. The van der Waals surface area contributed by atoms with Crippen LogP contribution in [0.15, 0.2) is 18.2 Å². The van der Waals surface area contributed by atoms with Crippen molar-refractivity contribution in [2.24, 2.45) is 0 Å². The zero-order valence-corrected chi connectivity index (χ0v) is 13.2. The fourth-order valence-corrected chi connectivity index (χ4v) is 3.88. The van der Waals surface area contributed by atoms with Crippen LogP contribution in [0.4, 0.5) is 0 Å². The van der Waals surface area contributed by atoms with Crippen molar-refractivity contribution in [3.8, 4) is 0 Å². The van der Waals surface area contributed by atoms with Crippen LogP contribution < -0.4 is 4.72 Å². The Morgan fingerprint density at radius 2 is 1.85 bits per heavy atom. The van der Waals surface area contributed by atoms with Crippen LogP contribution in [0.25, 0.3) is 0 Å². The van der Waals surface area contributed by atoms with Crippen molar-refractivity contribution in [2.75, 3.05) is 6.54 Å². The van der Waals surface area contributed by atoms with Crippen LogP contribution in [0.5, 0.6) is 0 Å². The molecule has 2 N–H and O–H groups in total. The van der Waals surface area contributed by atoms with Gasteiger partial charge < -0.3 is 5.11 Å². The monoisotopic (exact) mass is 337 g/mol. The molecule has 20 heavy (non-hydrogen) atoms. The second-order valence-corrected chi connectivity index (χ2v) is 7.88. The van der Waals surface area contributed by atoms with E-state index in [4.69, 9.17) is 23.2 Å². The van der Waals surface area contributed by atoms with Crippen molar-refractivity contribution in [3.05, 3.63) is 33.8 Å². The van der Waals surface area contributed by atoms with E-state index in [9.17, 15) is 13.5 Å². The van der Waals surface area contributed by atoms with Crippen LogP contribution in [-0.4, -0.2) is 25.7 Å². The van der Waals surface area contributed by atoms with Crippen molar-refractivity contribution >= 4 is 33.2 Å². The fourth-order valence-electron chi connectivity index (χ4n) is 2.35. The zero-order valence-electron chi connectivity index (χ0n) is 10.9. The maximum absolute atomic E-state index is 12.0. The number of sulfonamides is 1. The van der Waals surface area contributed by atoms with Gasteiger partial charge in [-0.3, -0.25) is 0 Å². The third kappa shape index (κ3) is 4.33. The second-order valence-electron chi connectivity index (χ2n) is 5.26. The average molecular weight is 338 g/mol. The Bertz CT molecular complexity index is 583. The van der Waals surface area contributed by atoms with E-state index in [1.807, 2.05) is 0 Å². The Hall–Kier alpha value is -0.330. The molecule has 0 bridgehead atoms. The molecule has 2 rings (SSSR count). The summed E-state index contributed by atoms with van der Waals surface area (Å²) in [6.45, 7) is 0.0661.